The van der Waals surface area contributed by atoms with Gasteiger partial charge in [-0.15, -0.1) is 0 Å². The molecule has 3 N–H and O–H groups in total. The first-order valence-electron chi connectivity index (χ1n) is 14.2. The smallest absolute Gasteiger partial charge is 0.217 e. The maximum Gasteiger partial charge on any atom is 0.217 e. The average Bonchev–Trinajstić information content (AvgIpc) is 2.89. The molecule has 210 valence electrons. The Morgan fingerprint density at radius 1 is 1.03 bits per heavy atom. The summed E-state index contributed by atoms with van der Waals surface area (Å²) in [4.78, 5) is 11.9. The zero-order valence-corrected chi connectivity index (χ0v) is 22.6. The molecule has 1 aromatic rings. The van der Waals surface area contributed by atoms with Crippen molar-refractivity contribution in [2.45, 2.75) is 128 Å². The first-order valence-corrected chi connectivity index (χ1v) is 14.2. The lowest BCUT2D eigenvalue weighted by atomic mass is 9.95. The number of rotatable bonds is 16. The summed E-state index contributed by atoms with van der Waals surface area (Å²) in [6.45, 7) is 4.28. The summed E-state index contributed by atoms with van der Waals surface area (Å²) in [5, 5.41) is 24.5. The van der Waals surface area contributed by atoms with Crippen LogP contribution >= 0.6 is 0 Å². The molecule has 3 rings (SSSR count). The number of amides is 1. The third-order valence-electron chi connectivity index (χ3n) is 7.14. The van der Waals surface area contributed by atoms with Gasteiger partial charge in [0.2, 0.25) is 5.91 Å². The molecule has 8 heteroatoms. The number of carbonyl (C=O) groups excluding carboxylic acids is 1. The Morgan fingerprint density at radius 3 is 2.32 bits per heavy atom. The molecule has 0 aliphatic carbocycles. The highest BCUT2D eigenvalue weighted by atomic mass is 16.8. The van der Waals surface area contributed by atoms with Crippen LogP contribution in [0.5, 0.6) is 0 Å². The molecular formula is C29H47NO7. The van der Waals surface area contributed by atoms with Crippen molar-refractivity contribution < 1.29 is 34.0 Å². The molecule has 37 heavy (non-hydrogen) atoms. The molecule has 0 radical (unpaired) electrons. The zero-order chi connectivity index (χ0) is 26.5. The van der Waals surface area contributed by atoms with E-state index in [1.807, 2.05) is 30.3 Å². The van der Waals surface area contributed by atoms with Crippen LogP contribution < -0.4 is 5.32 Å². The molecule has 0 unspecified atom stereocenters. The molecule has 2 fully saturated rings. The molecule has 2 aliphatic heterocycles. The molecular weight excluding hydrogens is 474 g/mol. The van der Waals surface area contributed by atoms with Crippen LogP contribution in [0.3, 0.4) is 0 Å². The number of aliphatic hydroxyl groups excluding tert-OH is 2. The van der Waals surface area contributed by atoms with Crippen LogP contribution in [0.4, 0.5) is 0 Å². The van der Waals surface area contributed by atoms with Crippen LogP contribution in [0, 0.1) is 0 Å². The number of carbonyl (C=O) groups is 1. The van der Waals surface area contributed by atoms with Gasteiger partial charge in [0.15, 0.2) is 12.6 Å². The van der Waals surface area contributed by atoms with E-state index in [-0.39, 0.29) is 12.5 Å². The van der Waals surface area contributed by atoms with Crippen molar-refractivity contribution in [3.05, 3.63) is 35.9 Å². The van der Waals surface area contributed by atoms with Crippen molar-refractivity contribution in [3.8, 4) is 0 Å². The molecule has 2 saturated heterocycles. The van der Waals surface area contributed by atoms with E-state index in [2.05, 4.69) is 12.2 Å². The van der Waals surface area contributed by atoms with Gasteiger partial charge in [0.05, 0.1) is 6.61 Å². The molecule has 0 aromatic heterocycles. The summed E-state index contributed by atoms with van der Waals surface area (Å²) in [5.74, 6) is -0.286. The second-order valence-corrected chi connectivity index (χ2v) is 10.4. The van der Waals surface area contributed by atoms with Crippen LogP contribution in [0.1, 0.15) is 83.6 Å². The minimum absolute atomic E-state index is 0.156. The topological polar surface area (TPSA) is 106 Å². The molecule has 2 aliphatic rings. The minimum atomic E-state index is -1.06. The number of unbranched alkanes of at least 4 members (excludes halogenated alkanes) is 9. The Balaban J connectivity index is 1.43. The van der Waals surface area contributed by atoms with Crippen LogP contribution in [-0.4, -0.2) is 72.4 Å². The number of fused-ring (bicyclic) bond motifs is 1. The Labute approximate surface area is 222 Å². The monoisotopic (exact) mass is 521 g/mol. The van der Waals surface area contributed by atoms with E-state index in [9.17, 15) is 15.0 Å². The maximum atomic E-state index is 11.9. The summed E-state index contributed by atoms with van der Waals surface area (Å²) in [7, 11) is 0. The first-order chi connectivity index (χ1) is 18.0. The van der Waals surface area contributed by atoms with Crippen LogP contribution in [0.15, 0.2) is 30.3 Å². The highest BCUT2D eigenvalue weighted by Crippen LogP contribution is 2.30. The summed E-state index contributed by atoms with van der Waals surface area (Å²) < 4.78 is 23.8. The van der Waals surface area contributed by atoms with E-state index in [0.29, 0.717) is 13.0 Å². The number of aliphatic hydroxyl groups is 2. The van der Waals surface area contributed by atoms with Gasteiger partial charge in [0.25, 0.3) is 0 Å². The molecule has 8 nitrogen and oxygen atoms in total. The highest BCUT2D eigenvalue weighted by molar-refractivity contribution is 5.73. The standard InChI is InChI=1S/C29H47NO7/c1-3-4-5-6-7-8-9-10-11-15-18-34-29-25(30-21(2)31)26(33)27-24(36-29)20-35-28(37-27)23(32)19-22-16-13-12-14-17-22/h12-14,16-17,23-29,32-33H,3-11,15,18-20H2,1-2H3,(H,30,31)/t23-,24-,25-,26-,27-,28-,29-/m1/s1. The number of hydrogen-bond acceptors (Lipinski definition) is 7. The summed E-state index contributed by atoms with van der Waals surface area (Å²) in [6.07, 6.45) is 7.71. The molecule has 0 spiro atoms. The van der Waals surface area contributed by atoms with Crippen molar-refractivity contribution >= 4 is 5.91 Å². The number of hydrogen-bond donors (Lipinski definition) is 3. The van der Waals surface area contributed by atoms with Gasteiger partial charge >= 0.3 is 0 Å². The van der Waals surface area contributed by atoms with Crippen molar-refractivity contribution in [2.24, 2.45) is 0 Å². The molecule has 2 heterocycles. The fraction of sp³-hybridized carbons (Fsp3) is 0.759. The van der Waals surface area contributed by atoms with Gasteiger partial charge in [-0.1, -0.05) is 95.0 Å². The SMILES string of the molecule is CCCCCCCCCCCCO[C@@H]1O[C@@H]2CO[C@@H]([C@H](O)Cc3ccccc3)O[C@H]2[C@H](O)[C@H]1NC(C)=O. The van der Waals surface area contributed by atoms with Gasteiger partial charge < -0.3 is 34.5 Å². The molecule has 0 bridgehead atoms. The van der Waals surface area contributed by atoms with Crippen LogP contribution in [0.2, 0.25) is 0 Å². The number of benzene rings is 1. The Kier molecular flexibility index (Phi) is 13.3. The van der Waals surface area contributed by atoms with E-state index in [1.54, 1.807) is 0 Å². The lowest BCUT2D eigenvalue weighted by molar-refractivity contribution is -0.353. The lowest BCUT2D eigenvalue weighted by Gasteiger charge is -2.48. The Morgan fingerprint density at radius 2 is 1.68 bits per heavy atom. The van der Waals surface area contributed by atoms with E-state index >= 15 is 0 Å². The second-order valence-electron chi connectivity index (χ2n) is 10.4. The van der Waals surface area contributed by atoms with Gasteiger partial charge in [0.1, 0.15) is 30.5 Å². The predicted molar refractivity (Wildman–Crippen MR) is 141 cm³/mol. The van der Waals surface area contributed by atoms with Crippen molar-refractivity contribution in [3.63, 3.8) is 0 Å². The maximum absolute atomic E-state index is 11.9. The number of nitrogens with one attached hydrogen (secondary N) is 1. The van der Waals surface area contributed by atoms with Gasteiger partial charge in [0, 0.05) is 20.0 Å². The van der Waals surface area contributed by atoms with Crippen LogP contribution in [-0.2, 0) is 30.2 Å². The highest BCUT2D eigenvalue weighted by Gasteiger charge is 2.50. The molecule has 1 amide bonds. The molecule has 7 atom stereocenters. The molecule has 0 saturated carbocycles. The van der Waals surface area contributed by atoms with E-state index in [4.69, 9.17) is 18.9 Å². The van der Waals surface area contributed by atoms with E-state index in [1.165, 1.54) is 58.3 Å². The quantitative estimate of drug-likeness (QED) is 0.284. The average molecular weight is 522 g/mol. The second kappa shape index (κ2) is 16.4. The van der Waals surface area contributed by atoms with Gasteiger partial charge in [-0.25, -0.2) is 0 Å². The van der Waals surface area contributed by atoms with E-state index < -0.39 is 43.0 Å². The summed E-state index contributed by atoms with van der Waals surface area (Å²) in [6, 6.07) is 8.82. The number of ether oxygens (including phenoxy) is 4. The molecule has 1 aromatic carbocycles. The summed E-state index contributed by atoms with van der Waals surface area (Å²) >= 11 is 0. The first kappa shape index (κ1) is 30.0. The third kappa shape index (κ3) is 9.93. The Hall–Kier alpha value is -1.55. The Bertz CT molecular complexity index is 764. The third-order valence-corrected chi connectivity index (χ3v) is 7.14. The lowest BCUT2D eigenvalue weighted by Crippen LogP contribution is -2.68. The minimum Gasteiger partial charge on any atom is -0.388 e. The van der Waals surface area contributed by atoms with E-state index in [0.717, 1.165) is 18.4 Å². The van der Waals surface area contributed by atoms with Crippen molar-refractivity contribution in [1.29, 1.82) is 0 Å². The van der Waals surface area contributed by atoms with Gasteiger partial charge in [-0.3, -0.25) is 4.79 Å². The van der Waals surface area contributed by atoms with Crippen molar-refractivity contribution in [1.82, 2.24) is 5.32 Å². The van der Waals surface area contributed by atoms with Gasteiger partial charge in [-0.2, -0.15) is 0 Å². The van der Waals surface area contributed by atoms with Crippen molar-refractivity contribution in [2.75, 3.05) is 13.2 Å². The van der Waals surface area contributed by atoms with Crippen LogP contribution in [0.25, 0.3) is 0 Å². The fourth-order valence-corrected chi connectivity index (χ4v) is 5.08. The summed E-state index contributed by atoms with van der Waals surface area (Å²) in [5.41, 5.74) is 0.960. The normalized spacial score (nSPS) is 28.4. The van der Waals surface area contributed by atoms with Gasteiger partial charge in [-0.05, 0) is 12.0 Å². The fourth-order valence-electron chi connectivity index (χ4n) is 5.08. The predicted octanol–water partition coefficient (Wildman–Crippen LogP) is 3.86. The zero-order valence-electron chi connectivity index (χ0n) is 22.6. The largest absolute Gasteiger partial charge is 0.388 e.